The van der Waals surface area contributed by atoms with Crippen LogP contribution in [0.15, 0.2) is 33.7 Å². The molecule has 2 N–H and O–H groups in total. The van der Waals surface area contributed by atoms with Gasteiger partial charge in [0.1, 0.15) is 0 Å². The van der Waals surface area contributed by atoms with Crippen LogP contribution in [0.4, 0.5) is 5.69 Å². The molecule has 1 aromatic rings. The number of nitrogens with zero attached hydrogens (tertiary/aromatic N) is 1. The van der Waals surface area contributed by atoms with Crippen LogP contribution in [0.3, 0.4) is 0 Å². The van der Waals surface area contributed by atoms with E-state index in [2.05, 4.69) is 36.9 Å². The van der Waals surface area contributed by atoms with Gasteiger partial charge in [0, 0.05) is 0 Å². The molecule has 0 aliphatic heterocycles. The summed E-state index contributed by atoms with van der Waals surface area (Å²) >= 11 is 5.94. The summed E-state index contributed by atoms with van der Waals surface area (Å²) in [6.07, 6.45) is 0. The van der Waals surface area contributed by atoms with Crippen molar-refractivity contribution in [3.63, 3.8) is 0 Å². The fraction of sp³-hybridized carbons (Fsp3) is 0. The topological polar surface area (TPSA) is 38.4 Å². The average Bonchev–Trinajstić information content (AvgIpc) is 1.93. The van der Waals surface area contributed by atoms with E-state index in [0.717, 1.165) is 10.2 Å². The van der Waals surface area contributed by atoms with Gasteiger partial charge >= 0.3 is 81.8 Å². The standard InChI is InChI=1S/C7H6BrN2Se/c8-5-1-3-6(4-2-5)10-7(9)11/h1-4H,(H2,9,10). The van der Waals surface area contributed by atoms with E-state index in [4.69, 9.17) is 5.73 Å². The molecule has 0 fully saturated rings. The Labute approximate surface area is 81.8 Å². The Morgan fingerprint density at radius 2 is 1.91 bits per heavy atom. The quantitative estimate of drug-likeness (QED) is 0.472. The van der Waals surface area contributed by atoms with Gasteiger partial charge in [0.2, 0.25) is 0 Å². The first kappa shape index (κ1) is 8.78. The zero-order chi connectivity index (χ0) is 8.27. The Kier molecular flexibility index (Phi) is 3.12. The molecule has 0 aliphatic rings. The molecule has 0 aromatic heterocycles. The molecule has 0 unspecified atom stereocenters. The third-order valence-electron chi connectivity index (χ3n) is 1.07. The third-order valence-corrected chi connectivity index (χ3v) is 1.79. The zero-order valence-electron chi connectivity index (χ0n) is 5.62. The van der Waals surface area contributed by atoms with Gasteiger partial charge in [-0.25, -0.2) is 0 Å². The first-order valence-corrected chi connectivity index (χ1v) is 4.60. The fourth-order valence-corrected chi connectivity index (χ4v) is 1.13. The number of rotatable bonds is 1. The van der Waals surface area contributed by atoms with Crippen LogP contribution in [0.25, 0.3) is 0 Å². The zero-order valence-corrected chi connectivity index (χ0v) is 8.92. The van der Waals surface area contributed by atoms with Crippen molar-refractivity contribution in [1.82, 2.24) is 0 Å². The van der Waals surface area contributed by atoms with Crippen LogP contribution in [0.5, 0.6) is 0 Å². The van der Waals surface area contributed by atoms with Gasteiger partial charge in [0.15, 0.2) is 0 Å². The molecule has 2 nitrogen and oxygen atoms in total. The summed E-state index contributed by atoms with van der Waals surface area (Å²) in [5.41, 5.74) is 6.20. The normalized spacial score (nSPS) is 11.5. The summed E-state index contributed by atoms with van der Waals surface area (Å²) in [5, 5.41) is 0. The molecule has 0 aliphatic carbocycles. The number of hydrogen-bond donors (Lipinski definition) is 1. The number of halogens is 1. The Bertz CT molecular complexity index is 264. The number of aliphatic imine (C=N–C) groups is 1. The molecule has 57 valence electrons. The summed E-state index contributed by atoms with van der Waals surface area (Å²) in [6, 6.07) is 7.60. The molecule has 1 radical (unpaired) electrons. The Morgan fingerprint density at radius 3 is 2.36 bits per heavy atom. The van der Waals surface area contributed by atoms with Crippen LogP contribution in [0.2, 0.25) is 0 Å². The maximum absolute atomic E-state index is 5.35. The van der Waals surface area contributed by atoms with Gasteiger partial charge in [0.05, 0.1) is 0 Å². The van der Waals surface area contributed by atoms with Crippen LogP contribution >= 0.6 is 15.9 Å². The number of benzene rings is 1. The van der Waals surface area contributed by atoms with Gasteiger partial charge in [-0.3, -0.25) is 0 Å². The first-order chi connectivity index (χ1) is 5.18. The number of amidine groups is 1. The molecule has 0 saturated carbocycles. The molecule has 11 heavy (non-hydrogen) atoms. The minimum absolute atomic E-state index is 0.451. The minimum atomic E-state index is 0.451. The molecule has 0 amide bonds. The molecular weight excluding hydrogens is 271 g/mol. The Morgan fingerprint density at radius 1 is 1.36 bits per heavy atom. The van der Waals surface area contributed by atoms with E-state index in [-0.39, 0.29) is 0 Å². The van der Waals surface area contributed by atoms with E-state index in [9.17, 15) is 0 Å². The van der Waals surface area contributed by atoms with Crippen molar-refractivity contribution >= 4 is 42.4 Å². The van der Waals surface area contributed by atoms with Crippen LogP contribution in [-0.4, -0.2) is 20.7 Å². The van der Waals surface area contributed by atoms with Crippen molar-refractivity contribution in [2.45, 2.75) is 0 Å². The van der Waals surface area contributed by atoms with Crippen molar-refractivity contribution in [3.8, 4) is 0 Å². The van der Waals surface area contributed by atoms with E-state index < -0.39 is 0 Å². The number of hydrogen-bond acceptors (Lipinski definition) is 1. The Hall–Kier alpha value is -0.311. The summed E-state index contributed by atoms with van der Waals surface area (Å²) in [7, 11) is 0. The second-order valence-corrected chi connectivity index (χ2v) is 3.72. The van der Waals surface area contributed by atoms with Crippen molar-refractivity contribution in [1.29, 1.82) is 0 Å². The van der Waals surface area contributed by atoms with Gasteiger partial charge in [0.25, 0.3) is 0 Å². The monoisotopic (exact) mass is 277 g/mol. The van der Waals surface area contributed by atoms with E-state index in [1.54, 1.807) is 0 Å². The molecule has 0 saturated heterocycles. The van der Waals surface area contributed by atoms with E-state index in [1.807, 2.05) is 24.3 Å². The van der Waals surface area contributed by atoms with Gasteiger partial charge in [-0.2, -0.15) is 0 Å². The molecular formula is C7H6BrN2Se. The SMILES string of the molecule is NC([Se])=Nc1ccc(Br)cc1. The average molecular weight is 277 g/mol. The predicted octanol–water partition coefficient (Wildman–Crippen LogP) is 1.56. The molecule has 0 bridgehead atoms. The van der Waals surface area contributed by atoms with Crippen molar-refractivity contribution < 1.29 is 0 Å². The predicted molar refractivity (Wildman–Crippen MR) is 51.2 cm³/mol. The fourth-order valence-electron chi connectivity index (χ4n) is 0.643. The van der Waals surface area contributed by atoms with Gasteiger partial charge in [-0.15, -0.1) is 0 Å². The molecule has 0 atom stereocenters. The van der Waals surface area contributed by atoms with Crippen LogP contribution in [-0.2, 0) is 0 Å². The van der Waals surface area contributed by atoms with E-state index in [1.165, 1.54) is 0 Å². The van der Waals surface area contributed by atoms with Crippen LogP contribution in [0, 0.1) is 0 Å². The third kappa shape index (κ3) is 3.06. The Balaban J connectivity index is 2.91. The second kappa shape index (κ2) is 3.90. The first-order valence-electron chi connectivity index (χ1n) is 2.95. The van der Waals surface area contributed by atoms with Crippen molar-refractivity contribution in [2.24, 2.45) is 10.7 Å². The van der Waals surface area contributed by atoms with Crippen LogP contribution in [0.1, 0.15) is 0 Å². The van der Waals surface area contributed by atoms with Crippen molar-refractivity contribution in [3.05, 3.63) is 28.7 Å². The summed E-state index contributed by atoms with van der Waals surface area (Å²) in [4.78, 5) is 4.02. The van der Waals surface area contributed by atoms with Crippen LogP contribution < -0.4 is 5.73 Å². The van der Waals surface area contributed by atoms with Gasteiger partial charge in [-0.05, 0) is 0 Å². The summed E-state index contributed by atoms with van der Waals surface area (Å²) < 4.78 is 1.49. The van der Waals surface area contributed by atoms with Gasteiger partial charge < -0.3 is 0 Å². The summed E-state index contributed by atoms with van der Waals surface area (Å²) in [6.45, 7) is 0. The number of nitrogens with two attached hydrogens (primary N) is 1. The summed E-state index contributed by atoms with van der Waals surface area (Å²) in [5.74, 6) is 0. The van der Waals surface area contributed by atoms with Crippen molar-refractivity contribution in [2.75, 3.05) is 0 Å². The van der Waals surface area contributed by atoms with Gasteiger partial charge in [-0.1, -0.05) is 0 Å². The van der Waals surface area contributed by atoms with E-state index >= 15 is 0 Å². The molecule has 4 heteroatoms. The second-order valence-electron chi connectivity index (χ2n) is 1.93. The molecule has 1 aromatic carbocycles. The molecule has 0 spiro atoms. The maximum atomic E-state index is 5.35. The van der Waals surface area contributed by atoms with E-state index in [0.29, 0.717) is 4.73 Å². The molecule has 0 heterocycles. The molecule has 1 rings (SSSR count).